The minimum atomic E-state index is 1.64. The van der Waals surface area contributed by atoms with E-state index in [1.165, 1.54) is 0 Å². The molecule has 0 aliphatic heterocycles. The molecule has 0 aromatic rings. The molecule has 2 heteroatoms. The summed E-state index contributed by atoms with van der Waals surface area (Å²) in [5, 5.41) is 4.40. The van der Waals surface area contributed by atoms with Gasteiger partial charge in [0.1, 0.15) is 0 Å². The largest absolute Gasteiger partial charge is 0.394 e. The Morgan fingerprint density at radius 2 is 2.40 bits per heavy atom. The Balaban J connectivity index is 2.62. The van der Waals surface area contributed by atoms with Gasteiger partial charge >= 0.3 is 0 Å². The number of hydrogen-bond acceptors (Lipinski definition) is 2. The van der Waals surface area contributed by atoms with E-state index in [1.54, 1.807) is 11.6 Å². The molecule has 0 aliphatic rings. The van der Waals surface area contributed by atoms with Crippen molar-refractivity contribution in [2.75, 3.05) is 7.05 Å². The summed E-state index contributed by atoms with van der Waals surface area (Å²) in [6.07, 6.45) is 1.74. The van der Waals surface area contributed by atoms with Crippen LogP contribution < -0.4 is 5.32 Å². The van der Waals surface area contributed by atoms with Crippen molar-refractivity contribution < 1.29 is 0 Å². The van der Waals surface area contributed by atoms with E-state index < -0.39 is 0 Å². The standard InChI is InChI=1S/C3H7NS/c1-4-2-3-5/h2-5H,1H3/b3-2+. The predicted octanol–water partition coefficient (Wildman–Crippen LogP) is 0.607. The molecule has 0 atom stereocenters. The molecule has 1 nitrogen and oxygen atoms in total. The summed E-state index contributed by atoms with van der Waals surface area (Å²) in [5.41, 5.74) is 0. The highest BCUT2D eigenvalue weighted by atomic mass is 32.1. The molecule has 0 bridgehead atoms. The van der Waals surface area contributed by atoms with Gasteiger partial charge in [-0.2, -0.15) is 0 Å². The maximum absolute atomic E-state index is 3.76. The van der Waals surface area contributed by atoms with Crippen LogP contribution in [-0.4, -0.2) is 7.05 Å². The van der Waals surface area contributed by atoms with Gasteiger partial charge < -0.3 is 5.32 Å². The minimum Gasteiger partial charge on any atom is -0.394 e. The first-order valence-corrected chi connectivity index (χ1v) is 1.90. The van der Waals surface area contributed by atoms with Crippen LogP contribution in [0.2, 0.25) is 0 Å². The van der Waals surface area contributed by atoms with Crippen molar-refractivity contribution in [1.29, 1.82) is 0 Å². The monoisotopic (exact) mass is 89.0 g/mol. The molecule has 0 saturated heterocycles. The lowest BCUT2D eigenvalue weighted by Gasteiger charge is -1.74. The highest BCUT2D eigenvalue weighted by Crippen LogP contribution is 1.66. The number of nitrogens with one attached hydrogen (secondary N) is 1. The third-order valence-corrected chi connectivity index (χ3v) is 0.390. The van der Waals surface area contributed by atoms with Crippen LogP contribution in [0, 0.1) is 0 Å². The Kier molecular flexibility index (Phi) is 3.80. The fourth-order valence-corrected chi connectivity index (χ4v) is 0.224. The van der Waals surface area contributed by atoms with Gasteiger partial charge in [-0.3, -0.25) is 0 Å². The van der Waals surface area contributed by atoms with Crippen LogP contribution in [0.15, 0.2) is 11.6 Å². The van der Waals surface area contributed by atoms with Crippen molar-refractivity contribution in [2.45, 2.75) is 0 Å². The number of rotatable bonds is 1. The molecule has 0 heterocycles. The SMILES string of the molecule is CN/C=C/S. The molecule has 0 aliphatic carbocycles. The zero-order chi connectivity index (χ0) is 4.12. The molecule has 0 aromatic heterocycles. The summed E-state index contributed by atoms with van der Waals surface area (Å²) in [6.45, 7) is 0. The number of hydrogen-bond donors (Lipinski definition) is 2. The van der Waals surface area contributed by atoms with Gasteiger partial charge in [0.2, 0.25) is 0 Å². The van der Waals surface area contributed by atoms with E-state index in [0.717, 1.165) is 0 Å². The molecule has 30 valence electrons. The average molecular weight is 89.2 g/mol. The molecule has 0 rings (SSSR count). The van der Waals surface area contributed by atoms with E-state index in [4.69, 9.17) is 0 Å². The van der Waals surface area contributed by atoms with Crippen molar-refractivity contribution in [1.82, 2.24) is 5.32 Å². The lowest BCUT2D eigenvalue weighted by Crippen LogP contribution is -1.88. The van der Waals surface area contributed by atoms with Gasteiger partial charge in [-0.25, -0.2) is 0 Å². The average Bonchev–Trinajstić information content (AvgIpc) is 1.41. The van der Waals surface area contributed by atoms with Gasteiger partial charge in [0.25, 0.3) is 0 Å². The molecule has 0 aromatic carbocycles. The molecule has 0 amide bonds. The fourth-order valence-electron chi connectivity index (χ4n) is 0.0745. The highest BCUT2D eigenvalue weighted by molar-refractivity contribution is 7.83. The third-order valence-electron chi connectivity index (χ3n) is 0.241. The van der Waals surface area contributed by atoms with Gasteiger partial charge in [-0.15, -0.1) is 12.6 Å². The van der Waals surface area contributed by atoms with Crippen molar-refractivity contribution in [3.05, 3.63) is 11.6 Å². The smallest absolute Gasteiger partial charge is 0.00278 e. The molecule has 5 heavy (non-hydrogen) atoms. The van der Waals surface area contributed by atoms with Gasteiger partial charge in [-0.05, 0) is 5.41 Å². The van der Waals surface area contributed by atoms with Crippen molar-refractivity contribution in [3.8, 4) is 0 Å². The van der Waals surface area contributed by atoms with Crippen LogP contribution in [0.3, 0.4) is 0 Å². The van der Waals surface area contributed by atoms with E-state index in [2.05, 4.69) is 17.9 Å². The maximum Gasteiger partial charge on any atom is 0.00278 e. The third kappa shape index (κ3) is 3.89. The zero-order valence-electron chi connectivity index (χ0n) is 3.10. The Labute approximate surface area is 37.5 Å². The number of thiol groups is 1. The van der Waals surface area contributed by atoms with Gasteiger partial charge in [-0.1, -0.05) is 0 Å². The molecule has 1 N–H and O–H groups in total. The second kappa shape index (κ2) is 3.89. The van der Waals surface area contributed by atoms with Crippen molar-refractivity contribution in [3.63, 3.8) is 0 Å². The molecule has 0 fully saturated rings. The summed E-state index contributed by atoms with van der Waals surface area (Å²) in [5.74, 6) is 0. The molecule has 0 unspecified atom stereocenters. The van der Waals surface area contributed by atoms with E-state index in [9.17, 15) is 0 Å². The molecular weight excluding hydrogens is 82.1 g/mol. The quantitative estimate of drug-likeness (QED) is 0.448. The summed E-state index contributed by atoms with van der Waals surface area (Å²) >= 11 is 3.76. The summed E-state index contributed by atoms with van der Waals surface area (Å²) < 4.78 is 0. The molecular formula is C3H7NS. The molecule has 0 spiro atoms. The van der Waals surface area contributed by atoms with Crippen LogP contribution in [0.1, 0.15) is 0 Å². The lowest BCUT2D eigenvalue weighted by atomic mass is 11.0. The highest BCUT2D eigenvalue weighted by Gasteiger charge is 1.46. The molecule has 0 radical (unpaired) electrons. The van der Waals surface area contributed by atoms with E-state index in [0.29, 0.717) is 0 Å². The van der Waals surface area contributed by atoms with Gasteiger partial charge in [0.05, 0.1) is 0 Å². The first kappa shape index (κ1) is 4.89. The van der Waals surface area contributed by atoms with Crippen LogP contribution in [0.25, 0.3) is 0 Å². The summed E-state index contributed by atoms with van der Waals surface area (Å²) in [4.78, 5) is 0. The summed E-state index contributed by atoms with van der Waals surface area (Å²) in [7, 11) is 1.83. The Hall–Kier alpha value is -0.110. The Morgan fingerprint density at radius 1 is 1.80 bits per heavy atom. The maximum atomic E-state index is 3.76. The van der Waals surface area contributed by atoms with E-state index in [1.807, 2.05) is 7.05 Å². The molecule has 0 saturated carbocycles. The van der Waals surface area contributed by atoms with Gasteiger partial charge in [0, 0.05) is 13.2 Å². The minimum absolute atomic E-state index is 1.64. The Bertz CT molecular complexity index is 33.9. The van der Waals surface area contributed by atoms with E-state index >= 15 is 0 Å². The zero-order valence-corrected chi connectivity index (χ0v) is 4.00. The first-order valence-electron chi connectivity index (χ1n) is 1.38. The Morgan fingerprint density at radius 3 is 2.40 bits per heavy atom. The van der Waals surface area contributed by atoms with E-state index in [-0.39, 0.29) is 0 Å². The second-order valence-electron chi connectivity index (χ2n) is 0.604. The van der Waals surface area contributed by atoms with Crippen LogP contribution in [0.5, 0.6) is 0 Å². The topological polar surface area (TPSA) is 12.0 Å². The summed E-state index contributed by atoms with van der Waals surface area (Å²) in [6, 6.07) is 0. The normalized spacial score (nSPS) is 9.20. The van der Waals surface area contributed by atoms with Crippen LogP contribution in [0.4, 0.5) is 0 Å². The van der Waals surface area contributed by atoms with Gasteiger partial charge in [0.15, 0.2) is 0 Å². The predicted molar refractivity (Wildman–Crippen MR) is 27.2 cm³/mol. The van der Waals surface area contributed by atoms with Crippen molar-refractivity contribution >= 4 is 12.6 Å². The lowest BCUT2D eigenvalue weighted by molar-refractivity contribution is 1.11. The fraction of sp³-hybridized carbons (Fsp3) is 0.333. The van der Waals surface area contributed by atoms with Crippen LogP contribution >= 0.6 is 12.6 Å². The second-order valence-corrected chi connectivity index (χ2v) is 0.903. The first-order chi connectivity index (χ1) is 2.41. The van der Waals surface area contributed by atoms with Crippen molar-refractivity contribution in [2.24, 2.45) is 0 Å². The van der Waals surface area contributed by atoms with Crippen LogP contribution in [-0.2, 0) is 0 Å².